The van der Waals surface area contributed by atoms with Crippen LogP contribution < -0.4 is 10.9 Å². The summed E-state index contributed by atoms with van der Waals surface area (Å²) in [6.45, 7) is 0.941. The van der Waals surface area contributed by atoms with E-state index in [0.29, 0.717) is 20.9 Å². The van der Waals surface area contributed by atoms with Crippen molar-refractivity contribution in [3.05, 3.63) is 49.3 Å². The number of amides is 1. The van der Waals surface area contributed by atoms with Gasteiger partial charge in [0.05, 0.1) is 22.7 Å². The summed E-state index contributed by atoms with van der Waals surface area (Å²) in [5.74, 6) is 4.09. The first kappa shape index (κ1) is 22.7. The molecule has 0 aromatic carbocycles. The number of nitrogens with one attached hydrogen (secondary N) is 1. The van der Waals surface area contributed by atoms with Gasteiger partial charge in [0.15, 0.2) is 5.82 Å². The van der Waals surface area contributed by atoms with Crippen LogP contribution in [0.3, 0.4) is 0 Å². The highest BCUT2D eigenvalue weighted by Crippen LogP contribution is 2.28. The minimum Gasteiger partial charge on any atom is -0.320 e. The number of pyridine rings is 1. The maximum Gasteiger partial charge on any atom is 0.286 e. The molecular weight excluding hydrogens is 427 g/mol. The fraction of sp³-hybridized carbons (Fsp3) is 0.316. The van der Waals surface area contributed by atoms with Crippen LogP contribution in [0, 0.1) is 23.6 Å². The molecule has 154 valence electrons. The molecule has 0 bridgehead atoms. The van der Waals surface area contributed by atoms with Gasteiger partial charge in [0.1, 0.15) is 4.34 Å². The van der Waals surface area contributed by atoms with Gasteiger partial charge < -0.3 is 14.9 Å². The summed E-state index contributed by atoms with van der Waals surface area (Å²) < 4.78 is 39.6. The molecule has 29 heavy (non-hydrogen) atoms. The van der Waals surface area contributed by atoms with E-state index in [1.165, 1.54) is 6.07 Å². The highest BCUT2D eigenvalue weighted by atomic mass is 35.5. The average Bonchev–Trinajstić information content (AvgIpc) is 3.02. The maximum absolute atomic E-state index is 13.7. The van der Waals surface area contributed by atoms with Crippen molar-refractivity contribution < 1.29 is 18.0 Å². The Morgan fingerprint density at radius 3 is 2.83 bits per heavy atom. The van der Waals surface area contributed by atoms with Crippen LogP contribution in [0.2, 0.25) is 4.34 Å². The molecule has 2 aromatic heterocycles. The van der Waals surface area contributed by atoms with Crippen molar-refractivity contribution in [1.82, 2.24) is 4.57 Å². The van der Waals surface area contributed by atoms with Crippen LogP contribution in [0.4, 0.5) is 18.9 Å². The molecule has 2 heterocycles. The molecule has 0 aliphatic heterocycles. The van der Waals surface area contributed by atoms with Crippen molar-refractivity contribution in [2.45, 2.75) is 26.3 Å². The van der Waals surface area contributed by atoms with E-state index in [-0.39, 0.29) is 16.5 Å². The molecule has 0 spiro atoms. The number of carbonyl (C=O) groups is 1. The molecule has 10 heteroatoms. The summed E-state index contributed by atoms with van der Waals surface area (Å²) in [6, 6.07) is 2.26. The summed E-state index contributed by atoms with van der Waals surface area (Å²) in [5, 5.41) is 2.38. The van der Waals surface area contributed by atoms with Crippen molar-refractivity contribution in [2.24, 2.45) is 10.9 Å². The van der Waals surface area contributed by atoms with Crippen LogP contribution in [0.15, 0.2) is 28.1 Å². The first-order valence-electron chi connectivity index (χ1n) is 8.42. The highest BCUT2D eigenvalue weighted by Gasteiger charge is 2.16. The minimum absolute atomic E-state index is 0.0470. The predicted octanol–water partition coefficient (Wildman–Crippen LogP) is 4.30. The topological polar surface area (TPSA) is 63.5 Å². The number of thiophene rings is 1. The van der Waals surface area contributed by atoms with Gasteiger partial charge in [-0.25, -0.2) is 13.2 Å². The van der Waals surface area contributed by atoms with E-state index >= 15 is 0 Å². The first-order chi connectivity index (χ1) is 13.7. The number of hydrogen-bond donors (Lipinski definition) is 1. The third-order valence-corrected chi connectivity index (χ3v) is 5.00. The van der Waals surface area contributed by atoms with Gasteiger partial charge in [0.25, 0.3) is 17.9 Å². The number of rotatable bonds is 6. The number of nitrogens with zero attached hydrogens (tertiary/aromatic N) is 2. The third kappa shape index (κ3) is 6.48. The number of anilines is 1. The lowest BCUT2D eigenvalue weighted by Gasteiger charge is -2.09. The number of hydrogen-bond acceptors (Lipinski definition) is 4. The second-order valence-electron chi connectivity index (χ2n) is 6.02. The van der Waals surface area contributed by atoms with Crippen molar-refractivity contribution in [2.75, 3.05) is 12.4 Å². The van der Waals surface area contributed by atoms with Crippen molar-refractivity contribution in [3.63, 3.8) is 0 Å². The Kier molecular flexibility index (Phi) is 8.05. The fourth-order valence-corrected chi connectivity index (χ4v) is 3.32. The van der Waals surface area contributed by atoms with E-state index in [1.807, 2.05) is 6.92 Å². The Balaban J connectivity index is 2.19. The molecule has 0 saturated heterocycles. The minimum atomic E-state index is -2.85. The molecular formula is C19H17ClF3N3O2S. The molecule has 1 amide bonds. The molecule has 0 saturated carbocycles. The second-order valence-corrected chi connectivity index (χ2v) is 7.68. The van der Waals surface area contributed by atoms with Gasteiger partial charge in [-0.15, -0.1) is 11.3 Å². The Morgan fingerprint density at radius 1 is 1.45 bits per heavy atom. The van der Waals surface area contributed by atoms with Crippen LogP contribution in [-0.4, -0.2) is 30.2 Å². The lowest BCUT2D eigenvalue weighted by Crippen LogP contribution is -2.26. The quantitative estimate of drug-likeness (QED) is 0.534. The average molecular weight is 444 g/mol. The van der Waals surface area contributed by atoms with Crippen molar-refractivity contribution in [3.8, 4) is 11.8 Å². The molecule has 1 N–H and O–H groups in total. The number of aromatic nitrogens is 1. The Labute approximate surface area is 174 Å². The highest BCUT2D eigenvalue weighted by molar-refractivity contribution is 7.18. The van der Waals surface area contributed by atoms with Gasteiger partial charge in [-0.3, -0.25) is 9.59 Å². The molecule has 0 aliphatic carbocycles. The van der Waals surface area contributed by atoms with Gasteiger partial charge in [0, 0.05) is 25.2 Å². The van der Waals surface area contributed by atoms with Crippen LogP contribution >= 0.6 is 22.9 Å². The Morgan fingerprint density at radius 2 is 2.17 bits per heavy atom. The van der Waals surface area contributed by atoms with Gasteiger partial charge in [-0.1, -0.05) is 30.4 Å². The Hall–Kier alpha value is -2.57. The van der Waals surface area contributed by atoms with Crippen LogP contribution in [0.5, 0.6) is 0 Å². The van der Waals surface area contributed by atoms with E-state index in [9.17, 15) is 22.8 Å². The van der Waals surface area contributed by atoms with E-state index in [4.69, 9.17) is 11.6 Å². The Bertz CT molecular complexity index is 1040. The van der Waals surface area contributed by atoms with E-state index in [1.54, 1.807) is 13.3 Å². The zero-order valence-electron chi connectivity index (χ0n) is 15.5. The number of aliphatic imine (C=N–C) groups is 1. The maximum atomic E-state index is 13.7. The van der Waals surface area contributed by atoms with Crippen molar-refractivity contribution >= 4 is 40.7 Å². The number of carbonyl (C=O) groups excluding carboxylic acids is 1. The monoisotopic (exact) mass is 443 g/mol. The molecule has 2 aromatic rings. The van der Waals surface area contributed by atoms with Gasteiger partial charge >= 0.3 is 0 Å². The fourth-order valence-electron chi connectivity index (χ4n) is 2.23. The van der Waals surface area contributed by atoms with Crippen LogP contribution in [0.1, 0.15) is 28.6 Å². The zero-order valence-corrected chi connectivity index (χ0v) is 17.1. The van der Waals surface area contributed by atoms with E-state index in [0.717, 1.165) is 23.6 Å². The second kappa shape index (κ2) is 10.3. The third-order valence-electron chi connectivity index (χ3n) is 3.64. The predicted molar refractivity (Wildman–Crippen MR) is 109 cm³/mol. The SMILES string of the molecule is C/N=C/CC(C)C#Cc1cc(C(=O)Nc2cc(F)c(=O)n(CC(F)F)c2)sc1Cl. The summed E-state index contributed by atoms with van der Waals surface area (Å²) in [7, 11) is 1.67. The van der Waals surface area contributed by atoms with Gasteiger partial charge in [-0.05, 0) is 18.7 Å². The summed E-state index contributed by atoms with van der Waals surface area (Å²) in [6.07, 6.45) is 0.544. The summed E-state index contributed by atoms with van der Waals surface area (Å²) in [4.78, 5) is 28.1. The van der Waals surface area contributed by atoms with E-state index in [2.05, 4.69) is 22.2 Å². The molecule has 0 fully saturated rings. The molecule has 2 rings (SSSR count). The molecule has 0 aliphatic rings. The van der Waals surface area contributed by atoms with Gasteiger partial charge in [0.2, 0.25) is 0 Å². The van der Waals surface area contributed by atoms with Gasteiger partial charge in [-0.2, -0.15) is 0 Å². The molecule has 0 radical (unpaired) electrons. The van der Waals surface area contributed by atoms with Crippen LogP contribution in [-0.2, 0) is 6.54 Å². The standard InChI is InChI=1S/C19H17ClF3N3O2S/c1-11(5-6-24-2)3-4-12-7-15(29-17(12)20)18(27)25-13-8-14(21)19(28)26(9-13)10-16(22)23/h6-9,11,16H,5,10H2,1-2H3,(H,25,27)/b24-6+. The molecule has 1 unspecified atom stereocenters. The molecule has 1 atom stereocenters. The van der Waals surface area contributed by atoms with E-state index < -0.39 is 30.3 Å². The molecule has 5 nitrogen and oxygen atoms in total. The van der Waals surface area contributed by atoms with Crippen LogP contribution in [0.25, 0.3) is 0 Å². The summed E-state index contributed by atoms with van der Waals surface area (Å²) >= 11 is 7.10. The van der Waals surface area contributed by atoms with Crippen molar-refractivity contribution in [1.29, 1.82) is 0 Å². The first-order valence-corrected chi connectivity index (χ1v) is 9.61. The lowest BCUT2D eigenvalue weighted by atomic mass is 10.1. The number of halogens is 4. The number of alkyl halides is 2. The normalized spacial score (nSPS) is 12.1. The lowest BCUT2D eigenvalue weighted by molar-refractivity contribution is 0.103. The largest absolute Gasteiger partial charge is 0.320 e. The summed E-state index contributed by atoms with van der Waals surface area (Å²) in [5.41, 5.74) is -0.851. The smallest absolute Gasteiger partial charge is 0.286 e. The zero-order chi connectivity index (χ0) is 21.6.